The highest BCUT2D eigenvalue weighted by Gasteiger charge is 2.36. The van der Waals surface area contributed by atoms with E-state index < -0.39 is 0 Å². The van der Waals surface area contributed by atoms with Gasteiger partial charge in [-0.25, -0.2) is 0 Å². The highest BCUT2D eigenvalue weighted by Crippen LogP contribution is 2.36. The lowest BCUT2D eigenvalue weighted by Crippen LogP contribution is -2.55. The van der Waals surface area contributed by atoms with E-state index in [0.717, 1.165) is 18.4 Å². The molecule has 0 aromatic heterocycles. The van der Waals surface area contributed by atoms with Gasteiger partial charge in [0, 0.05) is 18.1 Å². The van der Waals surface area contributed by atoms with Crippen LogP contribution in [0.5, 0.6) is 0 Å². The molecule has 2 N–H and O–H groups in total. The molecular weight excluding hydrogens is 196 g/mol. The van der Waals surface area contributed by atoms with Crippen molar-refractivity contribution < 1.29 is 0 Å². The molecule has 0 aromatic carbocycles. The summed E-state index contributed by atoms with van der Waals surface area (Å²) in [7, 11) is 0. The summed E-state index contributed by atoms with van der Waals surface area (Å²) in [5, 5.41) is 0. The van der Waals surface area contributed by atoms with E-state index in [9.17, 15) is 0 Å². The summed E-state index contributed by atoms with van der Waals surface area (Å²) < 4.78 is 0. The van der Waals surface area contributed by atoms with E-state index in [-0.39, 0.29) is 0 Å². The Balaban J connectivity index is 2.01. The zero-order chi connectivity index (χ0) is 11.5. The fraction of sp³-hybridized carbons (Fsp3) is 1.00. The van der Waals surface area contributed by atoms with Crippen molar-refractivity contribution in [3.8, 4) is 0 Å². The lowest BCUT2D eigenvalue weighted by molar-refractivity contribution is 0.0228. The molecule has 1 saturated heterocycles. The van der Waals surface area contributed by atoms with Crippen LogP contribution in [0, 0.1) is 5.92 Å². The highest BCUT2D eigenvalue weighted by molar-refractivity contribution is 4.91. The number of hydrogen-bond acceptors (Lipinski definition) is 2. The molecule has 0 spiro atoms. The molecule has 1 heterocycles. The van der Waals surface area contributed by atoms with E-state index in [1.165, 1.54) is 45.1 Å². The third kappa shape index (κ3) is 2.43. The standard InChI is InChI=1S/C14H28N2/c1-3-13(15)11(2)16-10-6-8-12-7-4-5-9-14(12)16/h11-14H,3-10,15H2,1-2H3/t11?,12-,13?,14-/m1/s1. The summed E-state index contributed by atoms with van der Waals surface area (Å²) in [6.45, 7) is 5.84. The van der Waals surface area contributed by atoms with Crippen LogP contribution in [-0.4, -0.2) is 29.6 Å². The van der Waals surface area contributed by atoms with Crippen molar-refractivity contribution in [1.82, 2.24) is 4.90 Å². The van der Waals surface area contributed by atoms with Crippen molar-refractivity contribution in [2.24, 2.45) is 11.7 Å². The van der Waals surface area contributed by atoms with Crippen molar-refractivity contribution in [1.29, 1.82) is 0 Å². The summed E-state index contributed by atoms with van der Waals surface area (Å²) in [6, 6.07) is 1.80. The second kappa shape index (κ2) is 5.50. The molecule has 0 amide bonds. The number of nitrogens with zero attached hydrogens (tertiary/aromatic N) is 1. The van der Waals surface area contributed by atoms with Crippen LogP contribution in [0.2, 0.25) is 0 Å². The smallest absolute Gasteiger partial charge is 0.0221 e. The number of piperidine rings is 1. The van der Waals surface area contributed by atoms with E-state index in [1.807, 2.05) is 0 Å². The summed E-state index contributed by atoms with van der Waals surface area (Å²) in [5.41, 5.74) is 6.23. The van der Waals surface area contributed by atoms with Crippen LogP contribution >= 0.6 is 0 Å². The first kappa shape index (κ1) is 12.4. The molecule has 2 fully saturated rings. The molecule has 1 aliphatic heterocycles. The third-order valence-electron chi connectivity index (χ3n) is 4.90. The molecule has 0 radical (unpaired) electrons. The maximum atomic E-state index is 6.23. The molecule has 2 nitrogen and oxygen atoms in total. The van der Waals surface area contributed by atoms with Crippen LogP contribution in [-0.2, 0) is 0 Å². The molecule has 2 heteroatoms. The van der Waals surface area contributed by atoms with Gasteiger partial charge in [-0.3, -0.25) is 4.90 Å². The topological polar surface area (TPSA) is 29.3 Å². The van der Waals surface area contributed by atoms with Gasteiger partial charge in [-0.05, 0) is 51.5 Å². The molecular formula is C14H28N2. The van der Waals surface area contributed by atoms with Gasteiger partial charge in [0.25, 0.3) is 0 Å². The lowest BCUT2D eigenvalue weighted by atomic mass is 9.77. The Morgan fingerprint density at radius 1 is 1.19 bits per heavy atom. The monoisotopic (exact) mass is 224 g/mol. The highest BCUT2D eigenvalue weighted by atomic mass is 15.2. The van der Waals surface area contributed by atoms with Gasteiger partial charge in [-0.2, -0.15) is 0 Å². The normalized spacial score (nSPS) is 35.4. The minimum absolute atomic E-state index is 0.362. The first-order valence-electron chi connectivity index (χ1n) is 7.25. The molecule has 4 atom stereocenters. The largest absolute Gasteiger partial charge is 0.326 e. The Hall–Kier alpha value is -0.0800. The van der Waals surface area contributed by atoms with E-state index in [0.29, 0.717) is 12.1 Å². The fourth-order valence-corrected chi connectivity index (χ4v) is 3.76. The third-order valence-corrected chi connectivity index (χ3v) is 4.90. The van der Waals surface area contributed by atoms with Gasteiger partial charge in [0.1, 0.15) is 0 Å². The van der Waals surface area contributed by atoms with Crippen LogP contribution in [0.4, 0.5) is 0 Å². The van der Waals surface area contributed by atoms with E-state index in [4.69, 9.17) is 5.73 Å². The van der Waals surface area contributed by atoms with Gasteiger partial charge in [-0.1, -0.05) is 19.8 Å². The zero-order valence-corrected chi connectivity index (χ0v) is 11.0. The zero-order valence-electron chi connectivity index (χ0n) is 11.0. The van der Waals surface area contributed by atoms with Crippen LogP contribution in [0.3, 0.4) is 0 Å². The Kier molecular flexibility index (Phi) is 4.26. The van der Waals surface area contributed by atoms with Crippen LogP contribution in [0.1, 0.15) is 58.8 Å². The Bertz CT molecular complexity index is 215. The van der Waals surface area contributed by atoms with Crippen molar-refractivity contribution in [3.63, 3.8) is 0 Å². The molecule has 0 bridgehead atoms. The van der Waals surface area contributed by atoms with Crippen molar-refractivity contribution >= 4 is 0 Å². The predicted octanol–water partition coefficient (Wildman–Crippen LogP) is 2.77. The SMILES string of the molecule is CCC(N)C(C)N1CCC[C@H]2CCCC[C@H]21. The van der Waals surface area contributed by atoms with Crippen LogP contribution in [0.15, 0.2) is 0 Å². The predicted molar refractivity (Wildman–Crippen MR) is 69.4 cm³/mol. The Labute approximate surface area is 101 Å². The molecule has 1 saturated carbocycles. The lowest BCUT2D eigenvalue weighted by Gasteiger charge is -2.48. The second-order valence-corrected chi connectivity index (χ2v) is 5.80. The summed E-state index contributed by atoms with van der Waals surface area (Å²) >= 11 is 0. The van der Waals surface area contributed by atoms with Crippen molar-refractivity contribution in [3.05, 3.63) is 0 Å². The number of hydrogen-bond donors (Lipinski definition) is 1. The first-order valence-corrected chi connectivity index (χ1v) is 7.25. The fourth-order valence-electron chi connectivity index (χ4n) is 3.76. The summed E-state index contributed by atoms with van der Waals surface area (Å²) in [5.74, 6) is 0.981. The maximum absolute atomic E-state index is 6.23. The summed E-state index contributed by atoms with van der Waals surface area (Å²) in [6.07, 6.45) is 9.75. The van der Waals surface area contributed by atoms with Gasteiger partial charge in [0.2, 0.25) is 0 Å². The van der Waals surface area contributed by atoms with Gasteiger partial charge >= 0.3 is 0 Å². The molecule has 0 aromatic rings. The number of rotatable bonds is 3. The average molecular weight is 224 g/mol. The number of fused-ring (bicyclic) bond motifs is 1. The minimum Gasteiger partial charge on any atom is -0.326 e. The molecule has 94 valence electrons. The second-order valence-electron chi connectivity index (χ2n) is 5.80. The van der Waals surface area contributed by atoms with Gasteiger partial charge in [-0.15, -0.1) is 0 Å². The van der Waals surface area contributed by atoms with E-state index >= 15 is 0 Å². The molecule has 2 aliphatic rings. The van der Waals surface area contributed by atoms with Crippen LogP contribution in [0.25, 0.3) is 0 Å². The van der Waals surface area contributed by atoms with Gasteiger partial charge in [0.15, 0.2) is 0 Å². The maximum Gasteiger partial charge on any atom is 0.0221 e. The quantitative estimate of drug-likeness (QED) is 0.798. The van der Waals surface area contributed by atoms with Crippen molar-refractivity contribution in [2.45, 2.75) is 76.9 Å². The van der Waals surface area contributed by atoms with Crippen LogP contribution < -0.4 is 5.73 Å². The van der Waals surface area contributed by atoms with E-state index in [2.05, 4.69) is 18.7 Å². The molecule has 2 rings (SSSR count). The Morgan fingerprint density at radius 2 is 1.88 bits per heavy atom. The molecule has 1 aliphatic carbocycles. The number of likely N-dealkylation sites (tertiary alicyclic amines) is 1. The average Bonchev–Trinajstić information content (AvgIpc) is 2.36. The van der Waals surface area contributed by atoms with Gasteiger partial charge < -0.3 is 5.73 Å². The molecule has 2 unspecified atom stereocenters. The molecule has 16 heavy (non-hydrogen) atoms. The Morgan fingerprint density at radius 3 is 2.62 bits per heavy atom. The van der Waals surface area contributed by atoms with Gasteiger partial charge in [0.05, 0.1) is 0 Å². The number of nitrogens with two attached hydrogens (primary N) is 1. The van der Waals surface area contributed by atoms with Crippen molar-refractivity contribution in [2.75, 3.05) is 6.54 Å². The first-order chi connectivity index (χ1) is 7.74. The summed E-state index contributed by atoms with van der Waals surface area (Å²) in [4.78, 5) is 2.74. The van der Waals surface area contributed by atoms with E-state index in [1.54, 1.807) is 0 Å². The minimum atomic E-state index is 0.362.